The maximum absolute atomic E-state index is 15.1. The first-order chi connectivity index (χ1) is 17.6. The number of nitrogens with one attached hydrogen (secondary N) is 3. The Balaban J connectivity index is 1.36. The van der Waals surface area contributed by atoms with Crippen LogP contribution in [0.25, 0.3) is 11.0 Å². The highest BCUT2D eigenvalue weighted by molar-refractivity contribution is 5.92. The van der Waals surface area contributed by atoms with E-state index in [4.69, 9.17) is 4.74 Å². The number of likely N-dealkylation sites (tertiary alicyclic amines) is 1. The van der Waals surface area contributed by atoms with E-state index in [0.29, 0.717) is 41.9 Å². The molecule has 0 bridgehead atoms. The molecule has 0 aliphatic carbocycles. The fourth-order valence-corrected chi connectivity index (χ4v) is 4.48. The number of fused-ring (bicyclic) bond motifs is 1. The van der Waals surface area contributed by atoms with Crippen molar-refractivity contribution in [3.63, 3.8) is 0 Å². The zero-order valence-electron chi connectivity index (χ0n) is 19.8. The number of amides is 1. The molecule has 36 heavy (non-hydrogen) atoms. The van der Waals surface area contributed by atoms with Crippen LogP contribution in [-0.2, 0) is 4.79 Å². The van der Waals surface area contributed by atoms with Gasteiger partial charge in [-0.1, -0.05) is 6.58 Å². The normalized spacial score (nSPS) is 14.0. The average Bonchev–Trinajstić information content (AvgIpc) is 3.35. The number of anilines is 3. The van der Waals surface area contributed by atoms with Gasteiger partial charge in [0.25, 0.3) is 0 Å². The largest absolute Gasteiger partial charge is 0.457 e. The lowest BCUT2D eigenvalue weighted by Crippen LogP contribution is -2.36. The van der Waals surface area contributed by atoms with Crippen LogP contribution in [-0.4, -0.2) is 50.9 Å². The van der Waals surface area contributed by atoms with E-state index in [-0.39, 0.29) is 17.5 Å². The van der Waals surface area contributed by atoms with Gasteiger partial charge in [-0.05, 0) is 48.6 Å². The average molecular weight is 488 g/mol. The predicted molar refractivity (Wildman–Crippen MR) is 136 cm³/mol. The summed E-state index contributed by atoms with van der Waals surface area (Å²) in [6.45, 7) is 4.88. The van der Waals surface area contributed by atoms with Gasteiger partial charge in [0.2, 0.25) is 5.91 Å². The van der Waals surface area contributed by atoms with Crippen LogP contribution in [0, 0.1) is 5.82 Å². The number of hydrogen-bond donors (Lipinski definition) is 3. The molecule has 9 nitrogen and oxygen atoms in total. The fraction of sp³-hybridized carbons (Fsp3) is 0.231. The highest BCUT2D eigenvalue weighted by Crippen LogP contribution is 2.37. The van der Waals surface area contributed by atoms with Gasteiger partial charge >= 0.3 is 0 Å². The van der Waals surface area contributed by atoms with Crippen LogP contribution in [0.1, 0.15) is 24.3 Å². The number of nitrogens with zero attached hydrogens (tertiary/aromatic N) is 4. The monoisotopic (exact) mass is 487 g/mol. The van der Waals surface area contributed by atoms with Gasteiger partial charge in [0.15, 0.2) is 0 Å². The minimum absolute atomic E-state index is 0.0487. The molecule has 1 saturated heterocycles. The summed E-state index contributed by atoms with van der Waals surface area (Å²) in [5, 5.41) is 6.89. The summed E-state index contributed by atoms with van der Waals surface area (Å²) in [6.07, 6.45) is 7.96. The lowest BCUT2D eigenvalue weighted by atomic mass is 9.89. The Kier molecular flexibility index (Phi) is 6.48. The molecule has 1 fully saturated rings. The lowest BCUT2D eigenvalue weighted by molar-refractivity contribution is -0.127. The molecular formula is C26H26FN7O2. The third-order valence-electron chi connectivity index (χ3n) is 6.34. The molecule has 4 heterocycles. The Morgan fingerprint density at radius 1 is 1.19 bits per heavy atom. The lowest BCUT2D eigenvalue weighted by Gasteiger charge is -2.31. The summed E-state index contributed by atoms with van der Waals surface area (Å²) in [6, 6.07) is 8.06. The van der Waals surface area contributed by atoms with Gasteiger partial charge in [-0.3, -0.25) is 4.79 Å². The van der Waals surface area contributed by atoms with Gasteiger partial charge in [-0.2, -0.15) is 0 Å². The summed E-state index contributed by atoms with van der Waals surface area (Å²) < 4.78 is 20.8. The van der Waals surface area contributed by atoms with Crippen molar-refractivity contribution in [3.05, 3.63) is 73.1 Å². The second-order valence-electron chi connectivity index (χ2n) is 8.49. The fourth-order valence-electron chi connectivity index (χ4n) is 4.48. The number of aromatic nitrogens is 4. The molecule has 10 heteroatoms. The molecule has 0 saturated carbocycles. The zero-order chi connectivity index (χ0) is 25.1. The van der Waals surface area contributed by atoms with Crippen LogP contribution in [0.4, 0.5) is 21.7 Å². The van der Waals surface area contributed by atoms with Crippen molar-refractivity contribution in [3.8, 4) is 11.5 Å². The molecule has 3 aromatic heterocycles. The molecule has 5 rings (SSSR count). The van der Waals surface area contributed by atoms with Gasteiger partial charge in [-0.25, -0.2) is 19.3 Å². The number of carbonyl (C=O) groups is 1. The molecule has 0 unspecified atom stereocenters. The van der Waals surface area contributed by atoms with Crippen molar-refractivity contribution >= 4 is 34.3 Å². The first-order valence-corrected chi connectivity index (χ1v) is 11.7. The minimum atomic E-state index is -0.476. The van der Waals surface area contributed by atoms with E-state index in [9.17, 15) is 4.79 Å². The maximum atomic E-state index is 15.1. The van der Waals surface area contributed by atoms with Crippen molar-refractivity contribution in [1.82, 2.24) is 24.8 Å². The van der Waals surface area contributed by atoms with E-state index in [1.54, 1.807) is 42.4 Å². The standard InChI is InChI=1S/C26H26FN7O2/c1-3-23(35)34-10-7-16(8-11-34)19-14-30-25-24(19)26(32-15-31-25)33-21-5-4-17(12-20(21)27)36-18-6-9-29-22(13-18)28-2/h3-6,9,12-16H,1,7-8,10-11H2,2H3,(H,28,29)(H2,30,31,32,33). The van der Waals surface area contributed by atoms with Gasteiger partial charge in [0.05, 0.1) is 11.1 Å². The summed E-state index contributed by atoms with van der Waals surface area (Å²) in [4.78, 5) is 29.8. The smallest absolute Gasteiger partial charge is 0.245 e. The molecule has 0 atom stereocenters. The van der Waals surface area contributed by atoms with Crippen LogP contribution in [0.3, 0.4) is 0 Å². The summed E-state index contributed by atoms with van der Waals surface area (Å²) in [5.74, 6) is 1.78. The Morgan fingerprint density at radius 2 is 2.00 bits per heavy atom. The zero-order valence-corrected chi connectivity index (χ0v) is 19.8. The van der Waals surface area contributed by atoms with Gasteiger partial charge < -0.3 is 25.3 Å². The van der Waals surface area contributed by atoms with Crippen molar-refractivity contribution in [2.45, 2.75) is 18.8 Å². The number of rotatable bonds is 7. The SMILES string of the molecule is C=CC(=O)N1CCC(c2c[nH]c3ncnc(Nc4ccc(Oc5ccnc(NC)c5)cc4F)c23)CC1. The number of hydrogen-bond acceptors (Lipinski definition) is 7. The van der Waals surface area contributed by atoms with Gasteiger partial charge in [0.1, 0.15) is 40.9 Å². The Bertz CT molecular complexity index is 1410. The second-order valence-corrected chi connectivity index (χ2v) is 8.49. The van der Waals surface area contributed by atoms with Gasteiger partial charge in [0, 0.05) is 44.7 Å². The number of aromatic amines is 1. The predicted octanol–water partition coefficient (Wildman–Crippen LogP) is 4.96. The van der Waals surface area contributed by atoms with Crippen molar-refractivity contribution in [2.75, 3.05) is 30.8 Å². The topological polar surface area (TPSA) is 108 Å². The molecule has 1 aliphatic heterocycles. The Hall–Kier alpha value is -4.47. The summed E-state index contributed by atoms with van der Waals surface area (Å²) in [7, 11) is 1.76. The molecule has 184 valence electrons. The number of halogens is 1. The number of ether oxygens (including phenoxy) is 1. The summed E-state index contributed by atoms with van der Waals surface area (Å²) in [5.41, 5.74) is 1.99. The number of H-pyrrole nitrogens is 1. The number of piperidine rings is 1. The van der Waals surface area contributed by atoms with E-state index in [0.717, 1.165) is 23.8 Å². The minimum Gasteiger partial charge on any atom is -0.457 e. The van der Waals surface area contributed by atoms with E-state index >= 15 is 4.39 Å². The first kappa shape index (κ1) is 23.3. The molecule has 0 spiro atoms. The van der Waals surface area contributed by atoms with Crippen molar-refractivity contribution < 1.29 is 13.9 Å². The molecular weight excluding hydrogens is 461 g/mol. The number of benzene rings is 1. The van der Waals surface area contributed by atoms with Crippen LogP contribution < -0.4 is 15.4 Å². The Morgan fingerprint density at radius 3 is 2.75 bits per heavy atom. The van der Waals surface area contributed by atoms with Crippen LogP contribution in [0.2, 0.25) is 0 Å². The van der Waals surface area contributed by atoms with Crippen LogP contribution >= 0.6 is 0 Å². The third kappa shape index (κ3) is 4.70. The quantitative estimate of drug-likeness (QED) is 0.316. The van der Waals surface area contributed by atoms with Crippen molar-refractivity contribution in [2.24, 2.45) is 0 Å². The number of pyridine rings is 1. The molecule has 3 N–H and O–H groups in total. The first-order valence-electron chi connectivity index (χ1n) is 11.7. The highest BCUT2D eigenvalue weighted by Gasteiger charge is 2.26. The number of carbonyl (C=O) groups excluding carboxylic acids is 1. The Labute approximate surface area is 207 Å². The molecule has 4 aromatic rings. The maximum Gasteiger partial charge on any atom is 0.245 e. The molecule has 1 amide bonds. The van der Waals surface area contributed by atoms with E-state index < -0.39 is 5.82 Å². The van der Waals surface area contributed by atoms with Crippen LogP contribution in [0.15, 0.2) is 61.7 Å². The second kappa shape index (κ2) is 10.0. The van der Waals surface area contributed by atoms with Crippen molar-refractivity contribution in [1.29, 1.82) is 0 Å². The van der Waals surface area contributed by atoms with Gasteiger partial charge in [-0.15, -0.1) is 0 Å². The highest BCUT2D eigenvalue weighted by atomic mass is 19.1. The third-order valence-corrected chi connectivity index (χ3v) is 6.34. The summed E-state index contributed by atoms with van der Waals surface area (Å²) >= 11 is 0. The molecule has 1 aromatic carbocycles. The van der Waals surface area contributed by atoms with E-state index in [2.05, 4.69) is 37.1 Å². The van der Waals surface area contributed by atoms with E-state index in [1.807, 2.05) is 6.20 Å². The molecule has 0 radical (unpaired) electrons. The van der Waals surface area contributed by atoms with E-state index in [1.165, 1.54) is 18.5 Å². The molecule has 1 aliphatic rings. The van der Waals surface area contributed by atoms with Crippen LogP contribution in [0.5, 0.6) is 11.5 Å².